The Labute approximate surface area is 176 Å². The Balaban J connectivity index is 1.51. The summed E-state index contributed by atoms with van der Waals surface area (Å²) in [5.41, 5.74) is 2.15. The first-order valence-corrected chi connectivity index (χ1v) is 11.8. The third kappa shape index (κ3) is 3.20. The van der Waals surface area contributed by atoms with Crippen LogP contribution in [0.5, 0.6) is 0 Å². The lowest BCUT2D eigenvalue weighted by atomic mass is 9.97. The number of aryl methyl sites for hydroxylation is 2. The molecule has 146 valence electrons. The van der Waals surface area contributed by atoms with E-state index in [0.717, 1.165) is 28.5 Å². The largest absolute Gasteiger partial charge is 0.360 e. The molecule has 2 aliphatic rings. The van der Waals surface area contributed by atoms with Crippen LogP contribution < -0.4 is 5.32 Å². The van der Waals surface area contributed by atoms with Gasteiger partial charge in [-0.3, -0.25) is 4.98 Å². The Hall–Kier alpha value is -2.45. The molecule has 1 fully saturated rings. The van der Waals surface area contributed by atoms with Crippen molar-refractivity contribution in [3.63, 3.8) is 0 Å². The van der Waals surface area contributed by atoms with E-state index in [1.54, 1.807) is 29.9 Å². The van der Waals surface area contributed by atoms with E-state index in [2.05, 4.69) is 25.6 Å². The second-order valence-corrected chi connectivity index (χ2v) is 9.72. The van der Waals surface area contributed by atoms with Crippen LogP contribution in [-0.2, 0) is 12.8 Å². The SMILES string of the molecule is c1cnc(-c2nc(NC(c3nccs3)C3CC3)c3c4c(sc3n2)CCCC4)cn1. The van der Waals surface area contributed by atoms with Gasteiger partial charge in [0.1, 0.15) is 21.3 Å². The van der Waals surface area contributed by atoms with Crippen molar-refractivity contribution in [1.82, 2.24) is 24.9 Å². The minimum atomic E-state index is 0.210. The molecular formula is C21H20N6S2. The molecule has 2 aliphatic carbocycles. The van der Waals surface area contributed by atoms with Crippen LogP contribution in [0.4, 0.5) is 5.82 Å². The molecular weight excluding hydrogens is 400 g/mol. The zero-order valence-corrected chi connectivity index (χ0v) is 17.5. The summed E-state index contributed by atoms with van der Waals surface area (Å²) in [6.07, 6.45) is 14.2. The van der Waals surface area contributed by atoms with Crippen LogP contribution in [0.25, 0.3) is 21.7 Å². The van der Waals surface area contributed by atoms with Gasteiger partial charge in [-0.15, -0.1) is 22.7 Å². The summed E-state index contributed by atoms with van der Waals surface area (Å²) in [4.78, 5) is 25.6. The van der Waals surface area contributed by atoms with Gasteiger partial charge in [-0.1, -0.05) is 0 Å². The monoisotopic (exact) mass is 420 g/mol. The summed E-state index contributed by atoms with van der Waals surface area (Å²) in [6.45, 7) is 0. The number of hydrogen-bond acceptors (Lipinski definition) is 8. The summed E-state index contributed by atoms with van der Waals surface area (Å²) < 4.78 is 0. The standard InChI is InChI=1S/C21H20N6S2/c1-2-4-15-13(3-1)16-19(25-17(12-5-6-12)21-24-9-10-28-21)26-18(27-20(16)29-15)14-11-22-7-8-23-14/h7-12,17H,1-6H2,(H,25,26,27). The van der Waals surface area contributed by atoms with Crippen molar-refractivity contribution < 1.29 is 0 Å². The van der Waals surface area contributed by atoms with E-state index in [0.29, 0.717) is 17.4 Å². The summed E-state index contributed by atoms with van der Waals surface area (Å²) >= 11 is 3.54. The van der Waals surface area contributed by atoms with E-state index < -0.39 is 0 Å². The first kappa shape index (κ1) is 17.4. The van der Waals surface area contributed by atoms with Crippen molar-refractivity contribution in [2.75, 3.05) is 5.32 Å². The Morgan fingerprint density at radius 3 is 2.76 bits per heavy atom. The quantitative estimate of drug-likeness (QED) is 0.487. The van der Waals surface area contributed by atoms with Crippen LogP contribution in [0.2, 0.25) is 0 Å². The molecule has 29 heavy (non-hydrogen) atoms. The van der Waals surface area contributed by atoms with Gasteiger partial charge < -0.3 is 5.32 Å². The third-order valence-electron chi connectivity index (χ3n) is 5.71. The number of nitrogens with one attached hydrogen (secondary N) is 1. The fraction of sp³-hybridized carbons (Fsp3) is 0.381. The van der Waals surface area contributed by atoms with E-state index in [-0.39, 0.29) is 6.04 Å². The van der Waals surface area contributed by atoms with Crippen LogP contribution in [0.15, 0.2) is 30.2 Å². The lowest BCUT2D eigenvalue weighted by molar-refractivity contribution is 0.670. The summed E-state index contributed by atoms with van der Waals surface area (Å²) in [5.74, 6) is 2.20. The van der Waals surface area contributed by atoms with Gasteiger partial charge in [-0.05, 0) is 50.0 Å². The molecule has 0 bridgehead atoms. The van der Waals surface area contributed by atoms with Crippen molar-refractivity contribution in [1.29, 1.82) is 0 Å². The third-order valence-corrected chi connectivity index (χ3v) is 7.75. The molecule has 1 atom stereocenters. The van der Waals surface area contributed by atoms with Gasteiger partial charge in [0, 0.05) is 28.8 Å². The maximum Gasteiger partial charge on any atom is 0.183 e. The van der Waals surface area contributed by atoms with Crippen LogP contribution in [-0.4, -0.2) is 24.9 Å². The van der Waals surface area contributed by atoms with Gasteiger partial charge in [0.15, 0.2) is 5.82 Å². The highest BCUT2D eigenvalue weighted by Crippen LogP contribution is 2.46. The first-order chi connectivity index (χ1) is 14.4. The highest BCUT2D eigenvalue weighted by atomic mass is 32.1. The number of fused-ring (bicyclic) bond motifs is 3. The van der Waals surface area contributed by atoms with Gasteiger partial charge >= 0.3 is 0 Å². The lowest BCUT2D eigenvalue weighted by Gasteiger charge is -2.19. The van der Waals surface area contributed by atoms with Crippen molar-refractivity contribution in [2.45, 2.75) is 44.6 Å². The second-order valence-electron chi connectivity index (χ2n) is 7.71. The summed E-state index contributed by atoms with van der Waals surface area (Å²) in [6, 6.07) is 0.210. The molecule has 0 aliphatic heterocycles. The fourth-order valence-corrected chi connectivity index (χ4v) is 6.18. The molecule has 1 unspecified atom stereocenters. The number of thiazole rings is 1. The Kier molecular flexibility index (Phi) is 4.27. The normalized spacial score (nSPS) is 17.2. The molecule has 1 N–H and O–H groups in total. The zero-order valence-electron chi connectivity index (χ0n) is 15.8. The minimum Gasteiger partial charge on any atom is -0.360 e. The van der Waals surface area contributed by atoms with Crippen molar-refractivity contribution in [3.8, 4) is 11.5 Å². The highest BCUT2D eigenvalue weighted by Gasteiger charge is 2.35. The number of aromatic nitrogens is 5. The summed E-state index contributed by atoms with van der Waals surface area (Å²) in [7, 11) is 0. The highest BCUT2D eigenvalue weighted by molar-refractivity contribution is 7.19. The van der Waals surface area contributed by atoms with Gasteiger partial charge in [0.2, 0.25) is 0 Å². The number of nitrogens with zero attached hydrogens (tertiary/aromatic N) is 5. The molecule has 1 saturated carbocycles. The molecule has 4 aromatic heterocycles. The average Bonchev–Trinajstić information content (AvgIpc) is 3.32. The fourth-order valence-electron chi connectivity index (χ4n) is 4.14. The van der Waals surface area contributed by atoms with E-state index in [1.165, 1.54) is 41.5 Å². The zero-order chi connectivity index (χ0) is 19.2. The minimum absolute atomic E-state index is 0.210. The lowest BCUT2D eigenvalue weighted by Crippen LogP contribution is -2.15. The molecule has 4 aromatic rings. The molecule has 8 heteroatoms. The van der Waals surface area contributed by atoms with Crippen molar-refractivity contribution >= 4 is 38.7 Å². The van der Waals surface area contributed by atoms with Crippen LogP contribution in [0.3, 0.4) is 0 Å². The van der Waals surface area contributed by atoms with E-state index in [4.69, 9.17) is 9.97 Å². The van der Waals surface area contributed by atoms with Crippen LogP contribution >= 0.6 is 22.7 Å². The Bertz CT molecular complexity index is 1150. The van der Waals surface area contributed by atoms with Crippen LogP contribution in [0, 0.1) is 5.92 Å². The van der Waals surface area contributed by atoms with E-state index in [9.17, 15) is 0 Å². The Morgan fingerprint density at radius 2 is 1.97 bits per heavy atom. The van der Waals surface area contributed by atoms with E-state index >= 15 is 0 Å². The number of rotatable bonds is 5. The molecule has 0 amide bonds. The Morgan fingerprint density at radius 1 is 1.03 bits per heavy atom. The van der Waals surface area contributed by atoms with Gasteiger partial charge in [-0.25, -0.2) is 19.9 Å². The maximum absolute atomic E-state index is 4.97. The predicted octanol–water partition coefficient (Wildman–Crippen LogP) is 5.05. The maximum atomic E-state index is 4.97. The van der Waals surface area contributed by atoms with Gasteiger partial charge in [-0.2, -0.15) is 0 Å². The smallest absolute Gasteiger partial charge is 0.183 e. The number of anilines is 1. The molecule has 6 rings (SSSR count). The molecule has 0 aromatic carbocycles. The topological polar surface area (TPSA) is 76.5 Å². The molecule has 0 radical (unpaired) electrons. The van der Waals surface area contributed by atoms with Crippen molar-refractivity contribution in [3.05, 3.63) is 45.6 Å². The van der Waals surface area contributed by atoms with E-state index in [1.807, 2.05) is 17.5 Å². The molecule has 4 heterocycles. The van der Waals surface area contributed by atoms with Crippen molar-refractivity contribution in [2.24, 2.45) is 5.92 Å². The number of thiophene rings is 1. The molecule has 6 nitrogen and oxygen atoms in total. The molecule has 0 spiro atoms. The van der Waals surface area contributed by atoms with Crippen LogP contribution in [0.1, 0.15) is 47.2 Å². The second kappa shape index (κ2) is 7.11. The molecule has 0 saturated heterocycles. The van der Waals surface area contributed by atoms with Gasteiger partial charge in [0.25, 0.3) is 0 Å². The average molecular weight is 421 g/mol. The first-order valence-electron chi connectivity index (χ1n) is 10.1. The van der Waals surface area contributed by atoms with Gasteiger partial charge in [0.05, 0.1) is 17.6 Å². The predicted molar refractivity (Wildman–Crippen MR) is 116 cm³/mol. The summed E-state index contributed by atoms with van der Waals surface area (Å²) in [5, 5.41) is 8.19. The number of hydrogen-bond donors (Lipinski definition) is 1.